The molecule has 0 aromatic carbocycles. The van der Waals surface area contributed by atoms with Crippen molar-refractivity contribution in [2.75, 3.05) is 53.9 Å². The standard InChI is InChI=1S/C10H18O4.C7H11BO4.C6H9BO4/c1-6-8-9(12-4)10(14-6,5-11-3)7(2)13-8;8-6-4-1-11-3-7(2-9,12-6)5(4)10;7-5-3-4(9)6(1-8,11-5)2-10-3/h6-9H,5H2,1-4H3;4-6,9-10H,1-3H2;3-5,8-9H,1-2H2/t6-,7?,8-,9-,10-;4-,5?,6+,7-;3?,4-,5-,6+/m001/s1. The van der Waals surface area contributed by atoms with Gasteiger partial charge in [-0.1, -0.05) is 0 Å². The van der Waals surface area contributed by atoms with Crippen molar-refractivity contribution < 1.29 is 58.3 Å². The molecule has 0 aromatic rings. The molecule has 6 aliphatic rings. The highest BCUT2D eigenvalue weighted by molar-refractivity contribution is 6.12. The molecule has 6 aliphatic heterocycles. The molecule has 13 atom stereocenters. The number of methoxy groups -OCH3 is 2. The summed E-state index contributed by atoms with van der Waals surface area (Å²) in [6, 6.07) is -1.12. The summed E-state index contributed by atoms with van der Waals surface area (Å²) in [7, 11) is 14.4. The lowest BCUT2D eigenvalue weighted by molar-refractivity contribution is -0.194. The van der Waals surface area contributed by atoms with Gasteiger partial charge in [0.05, 0.1) is 58.0 Å². The number of fused-ring (bicyclic) bond motifs is 6. The van der Waals surface area contributed by atoms with Crippen LogP contribution in [0.5, 0.6) is 0 Å². The first-order valence-corrected chi connectivity index (χ1v) is 12.5. The number of rotatable bonds is 5. The molecule has 3 unspecified atom stereocenters. The third-order valence-electron chi connectivity index (χ3n) is 8.32. The van der Waals surface area contributed by atoms with Crippen molar-refractivity contribution in [1.29, 1.82) is 0 Å². The van der Waals surface area contributed by atoms with Gasteiger partial charge in [0.15, 0.2) is 0 Å². The summed E-state index contributed by atoms with van der Waals surface area (Å²) in [4.78, 5) is 0. The summed E-state index contributed by atoms with van der Waals surface area (Å²) in [5.41, 5.74) is -2.33. The van der Waals surface area contributed by atoms with Gasteiger partial charge in [-0.3, -0.25) is 0 Å². The number of hydrogen-bond donors (Lipinski definition) is 4. The van der Waals surface area contributed by atoms with Gasteiger partial charge in [-0.2, -0.15) is 0 Å². The lowest BCUT2D eigenvalue weighted by atomic mass is 9.81. The van der Waals surface area contributed by atoms with Gasteiger partial charge in [-0.05, 0) is 13.8 Å². The van der Waals surface area contributed by atoms with Gasteiger partial charge >= 0.3 is 0 Å². The van der Waals surface area contributed by atoms with Crippen molar-refractivity contribution in [3.05, 3.63) is 0 Å². The fourth-order valence-corrected chi connectivity index (χ4v) is 6.11. The van der Waals surface area contributed by atoms with Crippen molar-refractivity contribution in [1.82, 2.24) is 0 Å². The predicted molar refractivity (Wildman–Crippen MR) is 127 cm³/mol. The van der Waals surface area contributed by atoms with Crippen molar-refractivity contribution >= 4 is 15.7 Å². The molecule has 12 nitrogen and oxygen atoms in total. The molecule has 6 saturated heterocycles. The zero-order valence-electron chi connectivity index (χ0n) is 21.7. The highest BCUT2D eigenvalue weighted by Gasteiger charge is 2.64. The third kappa shape index (κ3) is 4.81. The Morgan fingerprint density at radius 3 is 2.03 bits per heavy atom. The Morgan fingerprint density at radius 2 is 1.54 bits per heavy atom. The zero-order valence-corrected chi connectivity index (χ0v) is 21.7. The van der Waals surface area contributed by atoms with E-state index in [1.165, 1.54) is 0 Å². The first-order valence-electron chi connectivity index (χ1n) is 12.5. The van der Waals surface area contributed by atoms with Crippen molar-refractivity contribution in [3.63, 3.8) is 0 Å². The Kier molecular flexibility index (Phi) is 9.02. The van der Waals surface area contributed by atoms with Crippen molar-refractivity contribution in [2.45, 2.75) is 85.4 Å². The molecule has 6 fully saturated rings. The van der Waals surface area contributed by atoms with Crippen LogP contribution < -0.4 is 0 Å². The Morgan fingerprint density at radius 1 is 0.892 bits per heavy atom. The van der Waals surface area contributed by atoms with Gasteiger partial charge in [-0.25, -0.2) is 0 Å². The summed E-state index contributed by atoms with van der Waals surface area (Å²) in [5.74, 6) is -0.203. The van der Waals surface area contributed by atoms with Crippen LogP contribution in [0.3, 0.4) is 0 Å². The van der Waals surface area contributed by atoms with Crippen LogP contribution in [-0.2, 0) is 37.9 Å². The van der Waals surface area contributed by atoms with E-state index in [9.17, 15) is 10.2 Å². The molecule has 0 aromatic heterocycles. The molecule has 37 heavy (non-hydrogen) atoms. The maximum atomic E-state index is 9.68. The molecule has 6 bridgehead atoms. The highest BCUT2D eigenvalue weighted by Crippen LogP contribution is 2.45. The average Bonchev–Trinajstić information content (AvgIpc) is 3.53. The molecule has 4 N–H and O–H groups in total. The van der Waals surface area contributed by atoms with E-state index in [0.29, 0.717) is 13.2 Å². The third-order valence-corrected chi connectivity index (χ3v) is 8.32. The number of hydrogen-bond acceptors (Lipinski definition) is 12. The van der Waals surface area contributed by atoms with Crippen molar-refractivity contribution in [3.8, 4) is 0 Å². The molecule has 0 spiro atoms. The molecular weight excluding hydrogens is 490 g/mol. The maximum absolute atomic E-state index is 9.68. The predicted octanol–water partition coefficient (Wildman–Crippen LogP) is -3.16. The molecular formula is C23H38B2O12. The van der Waals surface area contributed by atoms with Gasteiger partial charge < -0.3 is 58.3 Å². The first kappa shape index (κ1) is 29.6. The molecule has 0 aliphatic carbocycles. The average molecular weight is 528 g/mol. The fourth-order valence-electron chi connectivity index (χ4n) is 6.11. The van der Waals surface area contributed by atoms with Crippen LogP contribution in [0.4, 0.5) is 0 Å². The SMILES string of the molecule is COC[C@]12O[C@@H](C)[C@H](OC1C)[C@@H]2OC.[B][C@@H]1O[C@@]2(CO)COC1[C@H]2O.[B][C@@H]1O[C@@]2(CO)COC[C@H]1C2O. The lowest BCUT2D eigenvalue weighted by Gasteiger charge is -2.34. The van der Waals surface area contributed by atoms with Crippen LogP contribution in [0.1, 0.15) is 13.8 Å². The zero-order chi connectivity index (χ0) is 27.2. The van der Waals surface area contributed by atoms with E-state index in [1.807, 2.05) is 13.8 Å². The molecule has 6 rings (SSSR count). The molecule has 0 amide bonds. The molecule has 4 radical (unpaired) electrons. The summed E-state index contributed by atoms with van der Waals surface area (Å²) in [6.07, 6.45) is -1.80. The second kappa shape index (κ2) is 11.3. The Hall–Kier alpha value is -0.350. The minimum atomic E-state index is -0.970. The minimum Gasteiger partial charge on any atom is -0.393 e. The fraction of sp³-hybridized carbons (Fsp3) is 1.00. The molecule has 0 saturated carbocycles. The van der Waals surface area contributed by atoms with E-state index in [1.54, 1.807) is 14.2 Å². The van der Waals surface area contributed by atoms with E-state index in [0.717, 1.165) is 0 Å². The van der Waals surface area contributed by atoms with Crippen LogP contribution in [0, 0.1) is 5.92 Å². The molecule has 6 heterocycles. The van der Waals surface area contributed by atoms with E-state index in [2.05, 4.69) is 0 Å². The summed E-state index contributed by atoms with van der Waals surface area (Å²) >= 11 is 0. The smallest absolute Gasteiger partial charge is 0.146 e. The van der Waals surface area contributed by atoms with E-state index >= 15 is 0 Å². The summed E-state index contributed by atoms with van der Waals surface area (Å²) in [6.45, 7) is 4.89. The van der Waals surface area contributed by atoms with Crippen LogP contribution in [0.2, 0.25) is 0 Å². The van der Waals surface area contributed by atoms with Crippen LogP contribution >= 0.6 is 0 Å². The van der Waals surface area contributed by atoms with Gasteiger partial charge in [-0.15, -0.1) is 0 Å². The van der Waals surface area contributed by atoms with Gasteiger partial charge in [0.25, 0.3) is 0 Å². The molecule has 14 heteroatoms. The largest absolute Gasteiger partial charge is 0.393 e. The first-order chi connectivity index (χ1) is 17.5. The van der Waals surface area contributed by atoms with E-state index in [4.69, 9.17) is 63.8 Å². The summed E-state index contributed by atoms with van der Waals surface area (Å²) < 4.78 is 43.1. The van der Waals surface area contributed by atoms with Crippen molar-refractivity contribution in [2.24, 2.45) is 5.92 Å². The summed E-state index contributed by atoms with van der Waals surface area (Å²) in [5, 5.41) is 37.1. The minimum absolute atomic E-state index is 0.00699. The second-order valence-corrected chi connectivity index (χ2v) is 10.6. The molecule has 208 valence electrons. The Bertz CT molecular complexity index is 782. The van der Waals surface area contributed by atoms with Crippen LogP contribution in [0.15, 0.2) is 0 Å². The number of aliphatic hydroxyl groups is 4. The second-order valence-electron chi connectivity index (χ2n) is 10.6. The van der Waals surface area contributed by atoms with Gasteiger partial charge in [0, 0.05) is 32.1 Å². The number of aliphatic hydroxyl groups excluding tert-OH is 4. The van der Waals surface area contributed by atoms with Gasteiger partial charge in [0.2, 0.25) is 0 Å². The highest BCUT2D eigenvalue weighted by atomic mass is 16.7. The van der Waals surface area contributed by atoms with Crippen LogP contribution in [0.25, 0.3) is 0 Å². The Labute approximate surface area is 219 Å². The van der Waals surface area contributed by atoms with E-state index in [-0.39, 0.29) is 56.8 Å². The Balaban J connectivity index is 0.000000131. The topological polar surface area (TPSA) is 155 Å². The monoisotopic (exact) mass is 528 g/mol. The lowest BCUT2D eigenvalue weighted by Crippen LogP contribution is -2.52. The van der Waals surface area contributed by atoms with E-state index < -0.39 is 47.1 Å². The van der Waals surface area contributed by atoms with Gasteiger partial charge in [0.1, 0.15) is 56.9 Å². The maximum Gasteiger partial charge on any atom is 0.146 e. The van der Waals surface area contributed by atoms with Crippen LogP contribution in [-0.4, -0.2) is 162 Å². The normalized spacial score (nSPS) is 53.0. The number of ether oxygens (including phenoxy) is 8. The quantitative estimate of drug-likeness (QED) is 0.267.